The fourth-order valence-electron chi connectivity index (χ4n) is 3.01. The van der Waals surface area contributed by atoms with E-state index in [2.05, 4.69) is 26.1 Å². The average molecular weight is 239 g/mol. The van der Waals surface area contributed by atoms with Crippen LogP contribution in [0.5, 0.6) is 0 Å². The van der Waals surface area contributed by atoms with Gasteiger partial charge in [-0.05, 0) is 30.6 Å². The topological polar surface area (TPSA) is 29.1 Å². The van der Waals surface area contributed by atoms with Gasteiger partial charge in [-0.2, -0.15) is 0 Å². The van der Waals surface area contributed by atoms with Gasteiger partial charge in [0.25, 0.3) is 0 Å². The van der Waals surface area contributed by atoms with Crippen molar-refractivity contribution < 1.29 is 4.79 Å². The van der Waals surface area contributed by atoms with Crippen LogP contribution in [-0.4, -0.2) is 13.0 Å². The predicted molar refractivity (Wildman–Crippen MR) is 72.8 cm³/mol. The van der Waals surface area contributed by atoms with Crippen molar-refractivity contribution in [2.75, 3.05) is 7.05 Å². The third-order valence-electron chi connectivity index (χ3n) is 3.87. The van der Waals surface area contributed by atoms with Crippen molar-refractivity contribution in [3.8, 4) is 0 Å². The molecule has 0 aromatic carbocycles. The molecule has 1 N–H and O–H groups in total. The minimum atomic E-state index is 0.209. The number of hydrogen-bond acceptors (Lipinski definition) is 1. The monoisotopic (exact) mass is 239 g/mol. The lowest BCUT2D eigenvalue weighted by Gasteiger charge is -2.25. The highest BCUT2D eigenvalue weighted by molar-refractivity contribution is 5.78. The lowest BCUT2D eigenvalue weighted by Crippen LogP contribution is -2.30. The summed E-state index contributed by atoms with van der Waals surface area (Å²) in [5.41, 5.74) is 0.243. The minimum absolute atomic E-state index is 0.209. The van der Waals surface area contributed by atoms with Crippen LogP contribution in [-0.2, 0) is 4.79 Å². The maximum atomic E-state index is 11.9. The summed E-state index contributed by atoms with van der Waals surface area (Å²) >= 11 is 0. The standard InChI is InChI=1S/C15H29NO/c1-15(2,3)11-13(14(17)16-4)10-9-12-7-5-6-8-12/h12-13H,5-11H2,1-4H3,(H,16,17). The second-order valence-corrected chi connectivity index (χ2v) is 6.80. The largest absolute Gasteiger partial charge is 0.359 e. The minimum Gasteiger partial charge on any atom is -0.359 e. The molecule has 0 radical (unpaired) electrons. The maximum Gasteiger partial charge on any atom is 0.222 e. The van der Waals surface area contributed by atoms with E-state index in [1.165, 1.54) is 32.1 Å². The summed E-state index contributed by atoms with van der Waals surface area (Å²) < 4.78 is 0. The fraction of sp³-hybridized carbons (Fsp3) is 0.933. The van der Waals surface area contributed by atoms with Gasteiger partial charge in [-0.1, -0.05) is 46.5 Å². The molecule has 0 aromatic rings. The molecule has 0 aliphatic heterocycles. The number of nitrogens with one attached hydrogen (secondary N) is 1. The molecule has 1 atom stereocenters. The van der Waals surface area contributed by atoms with Gasteiger partial charge in [0.1, 0.15) is 0 Å². The van der Waals surface area contributed by atoms with Crippen LogP contribution < -0.4 is 5.32 Å². The molecule has 2 heteroatoms. The molecule has 0 bridgehead atoms. The zero-order valence-corrected chi connectivity index (χ0v) is 12.0. The maximum absolute atomic E-state index is 11.9. The lowest BCUT2D eigenvalue weighted by atomic mass is 9.81. The highest BCUT2D eigenvalue weighted by atomic mass is 16.1. The van der Waals surface area contributed by atoms with Crippen LogP contribution >= 0.6 is 0 Å². The molecule has 100 valence electrons. The first kappa shape index (κ1) is 14.5. The van der Waals surface area contributed by atoms with Gasteiger partial charge >= 0.3 is 0 Å². The summed E-state index contributed by atoms with van der Waals surface area (Å²) in [5, 5.41) is 2.82. The predicted octanol–water partition coefficient (Wildman–Crippen LogP) is 3.76. The summed E-state index contributed by atoms with van der Waals surface area (Å²) in [6.45, 7) is 6.66. The van der Waals surface area contributed by atoms with Gasteiger partial charge in [-0.15, -0.1) is 0 Å². The first-order valence-corrected chi connectivity index (χ1v) is 7.14. The van der Waals surface area contributed by atoms with Gasteiger partial charge in [-0.25, -0.2) is 0 Å². The van der Waals surface area contributed by atoms with Crippen LogP contribution in [0.1, 0.15) is 65.7 Å². The van der Waals surface area contributed by atoms with Gasteiger partial charge in [0.2, 0.25) is 5.91 Å². The van der Waals surface area contributed by atoms with Crippen LogP contribution in [0.2, 0.25) is 0 Å². The molecule has 1 fully saturated rings. The summed E-state index contributed by atoms with van der Waals surface area (Å²) in [6.07, 6.45) is 8.88. The molecule has 1 unspecified atom stereocenters. The van der Waals surface area contributed by atoms with Crippen LogP contribution in [0.15, 0.2) is 0 Å². The Kier molecular flexibility index (Phi) is 5.48. The van der Waals surface area contributed by atoms with Crippen molar-refractivity contribution in [1.29, 1.82) is 0 Å². The van der Waals surface area contributed by atoms with Crippen molar-refractivity contribution in [2.24, 2.45) is 17.3 Å². The number of amides is 1. The molecule has 1 aliphatic rings. The average Bonchev–Trinajstić information content (AvgIpc) is 2.74. The molecule has 2 nitrogen and oxygen atoms in total. The van der Waals surface area contributed by atoms with Crippen molar-refractivity contribution in [2.45, 2.75) is 65.7 Å². The number of rotatable bonds is 5. The molecule has 1 saturated carbocycles. The number of hydrogen-bond donors (Lipinski definition) is 1. The normalized spacial score (nSPS) is 19.3. The molecule has 0 aromatic heterocycles. The van der Waals surface area contributed by atoms with E-state index in [9.17, 15) is 4.79 Å². The van der Waals surface area contributed by atoms with Gasteiger partial charge in [0.15, 0.2) is 0 Å². The van der Waals surface area contributed by atoms with Crippen LogP contribution in [0.3, 0.4) is 0 Å². The molecule has 1 aliphatic carbocycles. The Hall–Kier alpha value is -0.530. The third kappa shape index (κ3) is 5.56. The Morgan fingerprint density at radius 2 is 1.88 bits per heavy atom. The summed E-state index contributed by atoms with van der Waals surface area (Å²) in [5.74, 6) is 1.33. The van der Waals surface area contributed by atoms with Gasteiger partial charge < -0.3 is 5.32 Å². The van der Waals surface area contributed by atoms with E-state index >= 15 is 0 Å². The Labute approximate surface area is 107 Å². The van der Waals surface area contributed by atoms with E-state index < -0.39 is 0 Å². The zero-order valence-electron chi connectivity index (χ0n) is 12.0. The molecule has 1 amide bonds. The van der Waals surface area contributed by atoms with Gasteiger partial charge in [0, 0.05) is 13.0 Å². The van der Waals surface area contributed by atoms with Crippen LogP contribution in [0.25, 0.3) is 0 Å². The molecule has 17 heavy (non-hydrogen) atoms. The molecular formula is C15H29NO. The molecule has 0 spiro atoms. The van der Waals surface area contributed by atoms with E-state index in [1.54, 1.807) is 7.05 Å². The van der Waals surface area contributed by atoms with Crippen molar-refractivity contribution >= 4 is 5.91 Å². The first-order valence-electron chi connectivity index (χ1n) is 7.14. The Bertz CT molecular complexity index is 236. The highest BCUT2D eigenvalue weighted by Gasteiger charge is 2.25. The van der Waals surface area contributed by atoms with Gasteiger partial charge in [0.05, 0.1) is 0 Å². The Balaban J connectivity index is 2.42. The van der Waals surface area contributed by atoms with E-state index in [4.69, 9.17) is 0 Å². The lowest BCUT2D eigenvalue weighted by molar-refractivity contribution is -0.125. The van der Waals surface area contributed by atoms with E-state index in [0.29, 0.717) is 0 Å². The Morgan fingerprint density at radius 3 is 2.35 bits per heavy atom. The highest BCUT2D eigenvalue weighted by Crippen LogP contribution is 2.33. The van der Waals surface area contributed by atoms with E-state index in [0.717, 1.165) is 18.8 Å². The quantitative estimate of drug-likeness (QED) is 0.777. The number of carbonyl (C=O) groups is 1. The second kappa shape index (κ2) is 6.42. The molecule has 0 heterocycles. The van der Waals surface area contributed by atoms with Crippen molar-refractivity contribution in [3.05, 3.63) is 0 Å². The first-order chi connectivity index (χ1) is 7.92. The number of carbonyl (C=O) groups excluding carboxylic acids is 1. The fourth-order valence-corrected chi connectivity index (χ4v) is 3.01. The molecular weight excluding hydrogens is 210 g/mol. The SMILES string of the molecule is CNC(=O)C(CCC1CCCC1)CC(C)(C)C. The van der Waals surface area contributed by atoms with Crippen molar-refractivity contribution in [1.82, 2.24) is 5.32 Å². The van der Waals surface area contributed by atoms with Crippen LogP contribution in [0.4, 0.5) is 0 Å². The summed E-state index contributed by atoms with van der Waals surface area (Å²) in [4.78, 5) is 11.9. The molecule has 1 rings (SSSR count). The zero-order chi connectivity index (χ0) is 12.9. The second-order valence-electron chi connectivity index (χ2n) is 6.80. The smallest absolute Gasteiger partial charge is 0.222 e. The third-order valence-corrected chi connectivity index (χ3v) is 3.87. The summed E-state index contributed by atoms with van der Waals surface area (Å²) in [6, 6.07) is 0. The van der Waals surface area contributed by atoms with Gasteiger partial charge in [-0.3, -0.25) is 4.79 Å². The van der Waals surface area contributed by atoms with E-state index in [-0.39, 0.29) is 17.2 Å². The van der Waals surface area contributed by atoms with E-state index in [1.807, 2.05) is 0 Å². The van der Waals surface area contributed by atoms with Crippen molar-refractivity contribution in [3.63, 3.8) is 0 Å². The summed E-state index contributed by atoms with van der Waals surface area (Å²) in [7, 11) is 1.76. The molecule has 0 saturated heterocycles. The van der Waals surface area contributed by atoms with Crippen LogP contribution in [0, 0.1) is 17.3 Å². The Morgan fingerprint density at radius 1 is 1.29 bits per heavy atom.